The van der Waals surface area contributed by atoms with Crippen molar-refractivity contribution in [3.8, 4) is 6.01 Å². The molecule has 3 aromatic rings. The zero-order valence-electron chi connectivity index (χ0n) is 12.6. The number of benzene rings is 1. The Balaban J connectivity index is 1.82. The highest BCUT2D eigenvalue weighted by molar-refractivity contribution is 5.73. The predicted octanol–water partition coefficient (Wildman–Crippen LogP) is 0.760. The largest absolute Gasteiger partial charge is 0.467 e. The van der Waals surface area contributed by atoms with Crippen LogP contribution in [0.4, 0.5) is 11.9 Å². The van der Waals surface area contributed by atoms with Crippen LogP contribution in [0.15, 0.2) is 24.3 Å². The number of anilines is 2. The van der Waals surface area contributed by atoms with Gasteiger partial charge in [0.05, 0.1) is 12.6 Å². The zero-order chi connectivity index (χ0) is 15.5. The standard InChI is InChI=1S/C13H16N8O/c1-20(2)12-15-11(16-13(17-12)22-3)14-8-21-10-7-5-4-6-9(10)18-19-21/h4-7H,8H2,1-3H3,(H,14,15,16,17). The molecule has 2 heterocycles. The van der Waals surface area contributed by atoms with E-state index in [4.69, 9.17) is 4.74 Å². The Bertz CT molecular complexity index is 785. The summed E-state index contributed by atoms with van der Waals surface area (Å²) >= 11 is 0. The van der Waals surface area contributed by atoms with E-state index in [0.29, 0.717) is 18.6 Å². The van der Waals surface area contributed by atoms with Crippen LogP contribution in [0, 0.1) is 0 Å². The molecule has 9 heteroatoms. The number of hydrogen-bond donors (Lipinski definition) is 1. The molecule has 0 aliphatic rings. The fraction of sp³-hybridized carbons (Fsp3) is 0.308. The van der Waals surface area contributed by atoms with Crippen LogP contribution in [-0.4, -0.2) is 51.2 Å². The van der Waals surface area contributed by atoms with E-state index in [1.54, 1.807) is 9.58 Å². The van der Waals surface area contributed by atoms with Crippen LogP contribution >= 0.6 is 0 Å². The van der Waals surface area contributed by atoms with Crippen LogP contribution in [0.5, 0.6) is 6.01 Å². The number of hydrogen-bond acceptors (Lipinski definition) is 8. The van der Waals surface area contributed by atoms with Crippen LogP contribution < -0.4 is 15.0 Å². The fourth-order valence-corrected chi connectivity index (χ4v) is 1.90. The summed E-state index contributed by atoms with van der Waals surface area (Å²) in [6, 6.07) is 7.99. The maximum absolute atomic E-state index is 5.09. The molecule has 114 valence electrons. The molecular weight excluding hydrogens is 284 g/mol. The highest BCUT2D eigenvalue weighted by Gasteiger charge is 2.09. The van der Waals surface area contributed by atoms with Gasteiger partial charge in [0.1, 0.15) is 12.2 Å². The Morgan fingerprint density at radius 2 is 2.00 bits per heavy atom. The second-order valence-corrected chi connectivity index (χ2v) is 4.75. The minimum atomic E-state index is 0.254. The van der Waals surface area contributed by atoms with Gasteiger partial charge in [-0.1, -0.05) is 17.3 Å². The summed E-state index contributed by atoms with van der Waals surface area (Å²) in [5, 5.41) is 11.3. The molecule has 0 saturated heterocycles. The first-order valence-corrected chi connectivity index (χ1v) is 6.67. The molecule has 0 atom stereocenters. The third kappa shape index (κ3) is 2.73. The molecule has 1 N–H and O–H groups in total. The van der Waals surface area contributed by atoms with Gasteiger partial charge < -0.3 is 15.0 Å². The van der Waals surface area contributed by atoms with E-state index in [1.165, 1.54) is 7.11 Å². The number of para-hydroxylation sites is 1. The van der Waals surface area contributed by atoms with E-state index in [1.807, 2.05) is 38.4 Å². The third-order valence-electron chi connectivity index (χ3n) is 2.99. The average molecular weight is 300 g/mol. The number of nitrogens with zero attached hydrogens (tertiary/aromatic N) is 7. The van der Waals surface area contributed by atoms with Crippen LogP contribution in [0.3, 0.4) is 0 Å². The molecule has 0 unspecified atom stereocenters. The first-order chi connectivity index (χ1) is 10.7. The lowest BCUT2D eigenvalue weighted by Crippen LogP contribution is -2.17. The second kappa shape index (κ2) is 5.80. The van der Waals surface area contributed by atoms with Crippen LogP contribution in [-0.2, 0) is 6.67 Å². The molecule has 0 aliphatic carbocycles. The summed E-state index contributed by atoms with van der Waals surface area (Å²) in [7, 11) is 5.22. The van der Waals surface area contributed by atoms with E-state index in [2.05, 4.69) is 30.6 Å². The number of rotatable bonds is 5. The van der Waals surface area contributed by atoms with Crippen molar-refractivity contribution in [1.82, 2.24) is 29.9 Å². The van der Waals surface area contributed by atoms with E-state index in [0.717, 1.165) is 11.0 Å². The summed E-state index contributed by atoms with van der Waals surface area (Å²) in [6.07, 6.45) is 0. The number of fused-ring (bicyclic) bond motifs is 1. The van der Waals surface area contributed by atoms with Gasteiger partial charge in [-0.05, 0) is 12.1 Å². The first kappa shape index (κ1) is 14.0. The predicted molar refractivity (Wildman–Crippen MR) is 81.9 cm³/mol. The van der Waals surface area contributed by atoms with Gasteiger partial charge in [-0.2, -0.15) is 15.0 Å². The normalized spacial score (nSPS) is 10.7. The van der Waals surface area contributed by atoms with Gasteiger partial charge in [0.2, 0.25) is 11.9 Å². The lowest BCUT2D eigenvalue weighted by molar-refractivity contribution is 0.379. The van der Waals surface area contributed by atoms with Crippen molar-refractivity contribution in [3.63, 3.8) is 0 Å². The van der Waals surface area contributed by atoms with Crippen molar-refractivity contribution in [3.05, 3.63) is 24.3 Å². The third-order valence-corrected chi connectivity index (χ3v) is 2.99. The highest BCUT2D eigenvalue weighted by atomic mass is 16.5. The first-order valence-electron chi connectivity index (χ1n) is 6.67. The number of methoxy groups -OCH3 is 1. The molecule has 22 heavy (non-hydrogen) atoms. The second-order valence-electron chi connectivity index (χ2n) is 4.75. The average Bonchev–Trinajstić information content (AvgIpc) is 2.95. The molecule has 0 amide bonds. The maximum Gasteiger partial charge on any atom is 0.322 e. The Labute approximate surface area is 127 Å². The molecule has 9 nitrogen and oxygen atoms in total. The molecule has 1 aromatic carbocycles. The van der Waals surface area contributed by atoms with Crippen LogP contribution in [0.25, 0.3) is 11.0 Å². The Kier molecular flexibility index (Phi) is 3.69. The van der Waals surface area contributed by atoms with Crippen molar-refractivity contribution in [2.75, 3.05) is 31.4 Å². The van der Waals surface area contributed by atoms with E-state index >= 15 is 0 Å². The zero-order valence-corrected chi connectivity index (χ0v) is 12.6. The molecule has 0 saturated carbocycles. The maximum atomic E-state index is 5.09. The minimum absolute atomic E-state index is 0.254. The van der Waals surface area contributed by atoms with E-state index < -0.39 is 0 Å². The van der Waals surface area contributed by atoms with E-state index in [-0.39, 0.29) is 6.01 Å². The number of ether oxygens (including phenoxy) is 1. The molecule has 0 spiro atoms. The van der Waals surface area contributed by atoms with Crippen molar-refractivity contribution < 1.29 is 4.74 Å². The fourth-order valence-electron chi connectivity index (χ4n) is 1.90. The number of nitrogens with one attached hydrogen (secondary N) is 1. The molecule has 0 fully saturated rings. The highest BCUT2D eigenvalue weighted by Crippen LogP contribution is 2.14. The monoisotopic (exact) mass is 300 g/mol. The van der Waals surface area contributed by atoms with Gasteiger partial charge in [-0.15, -0.1) is 5.10 Å². The Morgan fingerprint density at radius 3 is 2.77 bits per heavy atom. The van der Waals surface area contributed by atoms with Crippen molar-refractivity contribution in [1.29, 1.82) is 0 Å². The van der Waals surface area contributed by atoms with Crippen LogP contribution in [0.1, 0.15) is 0 Å². The van der Waals surface area contributed by atoms with Gasteiger partial charge >= 0.3 is 6.01 Å². The van der Waals surface area contributed by atoms with Gasteiger partial charge in [0.15, 0.2) is 0 Å². The molecular formula is C13H16N8O. The van der Waals surface area contributed by atoms with Gasteiger partial charge in [0.25, 0.3) is 0 Å². The SMILES string of the molecule is COc1nc(NCn2nnc3ccccc32)nc(N(C)C)n1. The summed E-state index contributed by atoms with van der Waals surface area (Å²) in [5.74, 6) is 0.924. The summed E-state index contributed by atoms with van der Waals surface area (Å²) in [5.41, 5.74) is 1.77. The Morgan fingerprint density at radius 1 is 1.18 bits per heavy atom. The lowest BCUT2D eigenvalue weighted by atomic mass is 10.3. The van der Waals surface area contributed by atoms with Crippen molar-refractivity contribution >= 4 is 22.9 Å². The molecule has 2 aromatic heterocycles. The topological polar surface area (TPSA) is 93.9 Å². The minimum Gasteiger partial charge on any atom is -0.467 e. The van der Waals surface area contributed by atoms with Gasteiger partial charge in [-0.25, -0.2) is 4.68 Å². The molecule has 0 aliphatic heterocycles. The number of aromatic nitrogens is 6. The van der Waals surface area contributed by atoms with Crippen LogP contribution in [0.2, 0.25) is 0 Å². The molecule has 0 bridgehead atoms. The van der Waals surface area contributed by atoms with Crippen molar-refractivity contribution in [2.24, 2.45) is 0 Å². The summed E-state index contributed by atoms with van der Waals surface area (Å²) in [4.78, 5) is 14.4. The lowest BCUT2D eigenvalue weighted by Gasteiger charge is -2.12. The molecule has 3 rings (SSSR count). The molecule has 0 radical (unpaired) electrons. The summed E-state index contributed by atoms with van der Waals surface area (Å²) in [6.45, 7) is 0.389. The Hall–Kier alpha value is -2.97. The van der Waals surface area contributed by atoms with Crippen molar-refractivity contribution in [2.45, 2.75) is 6.67 Å². The smallest absolute Gasteiger partial charge is 0.322 e. The van der Waals surface area contributed by atoms with Gasteiger partial charge in [0, 0.05) is 14.1 Å². The van der Waals surface area contributed by atoms with E-state index in [9.17, 15) is 0 Å². The summed E-state index contributed by atoms with van der Waals surface area (Å²) < 4.78 is 6.83. The van der Waals surface area contributed by atoms with Gasteiger partial charge in [-0.3, -0.25) is 0 Å². The quantitative estimate of drug-likeness (QED) is 0.738.